The topological polar surface area (TPSA) is 100 Å². The lowest BCUT2D eigenvalue weighted by molar-refractivity contribution is 0.0945. The van der Waals surface area contributed by atoms with Crippen LogP contribution in [-0.4, -0.2) is 39.5 Å². The van der Waals surface area contributed by atoms with Gasteiger partial charge in [-0.3, -0.25) is 14.3 Å². The Morgan fingerprint density at radius 3 is 2.46 bits per heavy atom. The molecule has 9 heteroatoms. The molecule has 180 valence electrons. The quantitative estimate of drug-likeness (QED) is 0.380. The van der Waals surface area contributed by atoms with Gasteiger partial charge in [0, 0.05) is 31.6 Å². The molecule has 0 aliphatic heterocycles. The maximum absolute atomic E-state index is 12.9. The predicted octanol–water partition coefficient (Wildman–Crippen LogP) is 2.62. The third-order valence-electron chi connectivity index (χ3n) is 5.40. The first kappa shape index (κ1) is 23.9. The number of rotatable bonds is 10. The van der Waals surface area contributed by atoms with Crippen LogP contribution in [-0.2, 0) is 31.0 Å². The summed E-state index contributed by atoms with van der Waals surface area (Å²) in [6.45, 7) is 1.48. The van der Waals surface area contributed by atoms with Crippen LogP contribution in [0.4, 0.5) is 0 Å². The largest absolute Gasteiger partial charge is 0.481 e. The normalized spacial score (nSPS) is 10.8. The van der Waals surface area contributed by atoms with Crippen LogP contribution in [0.15, 0.2) is 77.9 Å². The number of ether oxygens (including phenoxy) is 2. The minimum atomic E-state index is -0.253. The van der Waals surface area contributed by atoms with Gasteiger partial charge < -0.3 is 19.4 Å². The van der Waals surface area contributed by atoms with Crippen molar-refractivity contribution in [1.82, 2.24) is 24.6 Å². The molecule has 0 unspecified atom stereocenters. The fourth-order valence-corrected chi connectivity index (χ4v) is 3.64. The summed E-state index contributed by atoms with van der Waals surface area (Å²) >= 11 is 0. The summed E-state index contributed by atoms with van der Waals surface area (Å²) < 4.78 is 13.8. The van der Waals surface area contributed by atoms with Gasteiger partial charge in [-0.15, -0.1) is 0 Å². The fourth-order valence-electron chi connectivity index (χ4n) is 3.64. The Bertz CT molecular complexity index is 1340. The molecule has 4 aromatic rings. The van der Waals surface area contributed by atoms with Crippen LogP contribution < -0.4 is 15.6 Å². The number of carbonyl (C=O) groups excluding carboxylic acids is 1. The molecule has 0 saturated carbocycles. The monoisotopic (exact) mass is 473 g/mol. The van der Waals surface area contributed by atoms with E-state index in [0.29, 0.717) is 35.9 Å². The van der Waals surface area contributed by atoms with Crippen molar-refractivity contribution >= 4 is 5.91 Å². The molecule has 0 atom stereocenters. The molecule has 35 heavy (non-hydrogen) atoms. The number of hydrogen-bond acceptors (Lipinski definition) is 6. The van der Waals surface area contributed by atoms with Gasteiger partial charge in [-0.05, 0) is 23.3 Å². The predicted molar refractivity (Wildman–Crippen MR) is 130 cm³/mol. The highest BCUT2D eigenvalue weighted by Gasteiger charge is 2.17. The van der Waals surface area contributed by atoms with Crippen LogP contribution in [0, 0.1) is 0 Å². The van der Waals surface area contributed by atoms with Crippen molar-refractivity contribution in [1.29, 1.82) is 0 Å². The number of benzene rings is 1. The number of nitrogens with zero attached hydrogens (tertiary/aromatic N) is 4. The number of hydrogen-bond donors (Lipinski definition) is 1. The second-order valence-corrected chi connectivity index (χ2v) is 7.96. The van der Waals surface area contributed by atoms with Crippen molar-refractivity contribution in [3.05, 3.63) is 111 Å². The van der Waals surface area contributed by atoms with E-state index < -0.39 is 0 Å². The molecule has 1 amide bonds. The van der Waals surface area contributed by atoms with Crippen LogP contribution in [0.25, 0.3) is 0 Å². The molecule has 0 spiro atoms. The first-order valence-electron chi connectivity index (χ1n) is 11.1. The van der Waals surface area contributed by atoms with Gasteiger partial charge in [0.25, 0.3) is 11.5 Å². The molecular formula is C26H27N5O4. The Hall–Kier alpha value is -4.24. The lowest BCUT2D eigenvalue weighted by atomic mass is 10.1. The second-order valence-electron chi connectivity index (χ2n) is 7.96. The van der Waals surface area contributed by atoms with E-state index in [9.17, 15) is 9.59 Å². The highest BCUT2D eigenvalue weighted by Crippen LogP contribution is 2.13. The van der Waals surface area contributed by atoms with Crippen LogP contribution >= 0.6 is 0 Å². The number of carbonyl (C=O) groups is 1. The van der Waals surface area contributed by atoms with Gasteiger partial charge in [-0.2, -0.15) is 5.10 Å². The molecule has 0 aliphatic carbocycles. The zero-order valence-electron chi connectivity index (χ0n) is 19.7. The maximum atomic E-state index is 12.9. The van der Waals surface area contributed by atoms with Crippen LogP contribution in [0.2, 0.25) is 0 Å². The molecule has 0 bridgehead atoms. The van der Waals surface area contributed by atoms with Gasteiger partial charge in [0.1, 0.15) is 5.69 Å². The van der Waals surface area contributed by atoms with Gasteiger partial charge in [0.15, 0.2) is 0 Å². The van der Waals surface area contributed by atoms with E-state index in [1.807, 2.05) is 42.5 Å². The molecule has 4 rings (SSSR count). The number of pyridine rings is 2. The SMILES string of the molecule is COCc1nn(Cc2ccc(Cn3ccccc3=O)cc2)cc1C(=O)NCc1cccc(OC)n1. The molecule has 1 N–H and O–H groups in total. The molecule has 0 aliphatic rings. The highest BCUT2D eigenvalue weighted by molar-refractivity contribution is 5.95. The number of aromatic nitrogens is 4. The van der Waals surface area contributed by atoms with E-state index in [4.69, 9.17) is 9.47 Å². The van der Waals surface area contributed by atoms with Gasteiger partial charge in [-0.1, -0.05) is 36.4 Å². The summed E-state index contributed by atoms with van der Waals surface area (Å²) in [6.07, 6.45) is 3.49. The third-order valence-corrected chi connectivity index (χ3v) is 5.40. The molecule has 3 aromatic heterocycles. The second kappa shape index (κ2) is 11.3. The van der Waals surface area contributed by atoms with E-state index in [1.165, 1.54) is 0 Å². The summed E-state index contributed by atoms with van der Waals surface area (Å²) in [5, 5.41) is 7.43. The summed E-state index contributed by atoms with van der Waals surface area (Å²) in [5.41, 5.74) is 3.71. The first-order chi connectivity index (χ1) is 17.1. The Balaban J connectivity index is 1.43. The average molecular weight is 474 g/mol. The van der Waals surface area contributed by atoms with Gasteiger partial charge >= 0.3 is 0 Å². The van der Waals surface area contributed by atoms with Gasteiger partial charge in [0.05, 0.1) is 44.6 Å². The molecular weight excluding hydrogens is 446 g/mol. The van der Waals surface area contributed by atoms with Crippen LogP contribution in [0.3, 0.4) is 0 Å². The zero-order valence-corrected chi connectivity index (χ0v) is 19.7. The van der Waals surface area contributed by atoms with E-state index in [0.717, 1.165) is 11.1 Å². The van der Waals surface area contributed by atoms with Crippen molar-refractivity contribution in [2.75, 3.05) is 14.2 Å². The van der Waals surface area contributed by atoms with E-state index in [-0.39, 0.29) is 24.6 Å². The highest BCUT2D eigenvalue weighted by atomic mass is 16.5. The number of nitrogens with one attached hydrogen (secondary N) is 1. The molecule has 0 fully saturated rings. The summed E-state index contributed by atoms with van der Waals surface area (Å²) in [5.74, 6) is 0.239. The Morgan fingerprint density at radius 2 is 1.74 bits per heavy atom. The zero-order chi connectivity index (χ0) is 24.6. The molecule has 0 saturated heterocycles. The fraction of sp³-hybridized carbons (Fsp3) is 0.231. The number of methoxy groups -OCH3 is 2. The van der Waals surface area contributed by atoms with E-state index in [2.05, 4.69) is 15.4 Å². The Morgan fingerprint density at radius 1 is 0.971 bits per heavy atom. The molecule has 1 aromatic carbocycles. The number of amides is 1. The van der Waals surface area contributed by atoms with Gasteiger partial charge in [0.2, 0.25) is 5.88 Å². The maximum Gasteiger partial charge on any atom is 0.255 e. The Labute approximate surface area is 203 Å². The standard InChI is InChI=1S/C26H27N5O4/c1-34-18-23-22(26(33)27-14-21-6-5-7-24(28-21)35-2)17-31(29-23)16-20-11-9-19(10-12-20)15-30-13-4-3-8-25(30)32/h3-13,17H,14-16,18H2,1-2H3,(H,27,33). The lowest BCUT2D eigenvalue weighted by Gasteiger charge is -2.07. The Kier molecular flexibility index (Phi) is 7.69. The third kappa shape index (κ3) is 6.21. The lowest BCUT2D eigenvalue weighted by Crippen LogP contribution is -2.24. The van der Waals surface area contributed by atoms with Crippen molar-refractivity contribution in [2.24, 2.45) is 0 Å². The van der Waals surface area contributed by atoms with E-state index in [1.54, 1.807) is 54.1 Å². The minimum absolute atomic E-state index is 0.0354. The van der Waals surface area contributed by atoms with Crippen molar-refractivity contribution in [2.45, 2.75) is 26.2 Å². The first-order valence-corrected chi connectivity index (χ1v) is 11.1. The molecule has 0 radical (unpaired) electrons. The van der Waals surface area contributed by atoms with Crippen LogP contribution in [0.5, 0.6) is 5.88 Å². The molecule has 3 heterocycles. The summed E-state index contributed by atoms with van der Waals surface area (Å²) in [6, 6.07) is 18.5. The smallest absolute Gasteiger partial charge is 0.255 e. The van der Waals surface area contributed by atoms with Gasteiger partial charge in [-0.25, -0.2) is 4.98 Å². The molecule has 9 nitrogen and oxygen atoms in total. The van der Waals surface area contributed by atoms with E-state index >= 15 is 0 Å². The van der Waals surface area contributed by atoms with Crippen molar-refractivity contribution in [3.63, 3.8) is 0 Å². The minimum Gasteiger partial charge on any atom is -0.481 e. The van der Waals surface area contributed by atoms with Crippen molar-refractivity contribution in [3.8, 4) is 5.88 Å². The average Bonchev–Trinajstić information content (AvgIpc) is 3.27. The summed E-state index contributed by atoms with van der Waals surface area (Å²) in [7, 11) is 3.12. The van der Waals surface area contributed by atoms with Crippen molar-refractivity contribution < 1.29 is 14.3 Å². The van der Waals surface area contributed by atoms with Crippen LogP contribution in [0.1, 0.15) is 32.9 Å². The summed E-state index contributed by atoms with van der Waals surface area (Å²) in [4.78, 5) is 29.1.